The largest absolute Gasteiger partial charge is 0.336 e. The first-order valence-electron chi connectivity index (χ1n) is 4.69. The van der Waals surface area contributed by atoms with E-state index >= 15 is 0 Å². The van der Waals surface area contributed by atoms with E-state index in [0.717, 1.165) is 19.3 Å². The monoisotopic (exact) mass is 205 g/mol. The van der Waals surface area contributed by atoms with Crippen molar-refractivity contribution in [3.63, 3.8) is 0 Å². The molecule has 2 rings (SSSR count). The highest BCUT2D eigenvalue weighted by molar-refractivity contribution is 7.84. The van der Waals surface area contributed by atoms with Crippen LogP contribution in [0.2, 0.25) is 0 Å². The molecule has 0 spiro atoms. The molecule has 0 amide bonds. The molecular formula is C8H15NO3S. The molecule has 13 heavy (non-hydrogen) atoms. The molecule has 0 radical (unpaired) electrons. The van der Waals surface area contributed by atoms with Crippen molar-refractivity contribution < 1.29 is 12.6 Å². The molecule has 1 saturated carbocycles. The SMILES string of the molecule is C[C@@]12CCCC[C@@H]1NS(=O)(=O)OC2. The third-order valence-corrected chi connectivity index (χ3v) is 4.16. The molecule has 0 aromatic carbocycles. The standard InChI is InChI=1S/C8H15NO3S/c1-8-5-3-2-4-7(8)9-13(10,11)12-6-8/h7,9H,2-6H2,1H3/t7-,8-/m0/s1. The van der Waals surface area contributed by atoms with Crippen LogP contribution in [-0.2, 0) is 14.5 Å². The van der Waals surface area contributed by atoms with Crippen LogP contribution in [0.1, 0.15) is 32.6 Å². The summed E-state index contributed by atoms with van der Waals surface area (Å²) in [5, 5.41) is 0. The summed E-state index contributed by atoms with van der Waals surface area (Å²) >= 11 is 0. The van der Waals surface area contributed by atoms with Gasteiger partial charge in [0, 0.05) is 11.5 Å². The van der Waals surface area contributed by atoms with E-state index in [4.69, 9.17) is 4.18 Å². The Morgan fingerprint density at radius 2 is 2.23 bits per heavy atom. The Bertz CT molecular complexity index is 301. The van der Waals surface area contributed by atoms with Gasteiger partial charge < -0.3 is 0 Å². The Morgan fingerprint density at radius 3 is 3.00 bits per heavy atom. The van der Waals surface area contributed by atoms with Crippen LogP contribution in [0.15, 0.2) is 0 Å². The van der Waals surface area contributed by atoms with Crippen LogP contribution in [-0.4, -0.2) is 21.1 Å². The fourth-order valence-electron chi connectivity index (χ4n) is 2.19. The van der Waals surface area contributed by atoms with Crippen LogP contribution in [0.5, 0.6) is 0 Å². The van der Waals surface area contributed by atoms with Crippen molar-refractivity contribution in [3.05, 3.63) is 0 Å². The lowest BCUT2D eigenvalue weighted by Crippen LogP contribution is -2.55. The molecule has 76 valence electrons. The van der Waals surface area contributed by atoms with E-state index in [-0.39, 0.29) is 11.5 Å². The predicted molar refractivity (Wildman–Crippen MR) is 48.4 cm³/mol. The van der Waals surface area contributed by atoms with Gasteiger partial charge in [0.05, 0.1) is 6.61 Å². The molecular weight excluding hydrogens is 190 g/mol. The number of hydrogen-bond donors (Lipinski definition) is 1. The Kier molecular flexibility index (Phi) is 2.13. The molecule has 0 aromatic heterocycles. The van der Waals surface area contributed by atoms with Gasteiger partial charge in [0.2, 0.25) is 0 Å². The number of hydrogen-bond acceptors (Lipinski definition) is 3. The van der Waals surface area contributed by atoms with Gasteiger partial charge in [-0.25, -0.2) is 0 Å². The molecule has 1 aliphatic heterocycles. The maximum absolute atomic E-state index is 11.1. The molecule has 0 unspecified atom stereocenters. The third-order valence-electron chi connectivity index (χ3n) is 3.16. The van der Waals surface area contributed by atoms with Gasteiger partial charge in [-0.2, -0.15) is 13.1 Å². The predicted octanol–water partition coefficient (Wildman–Crippen LogP) is 0.800. The lowest BCUT2D eigenvalue weighted by Gasteiger charge is -2.44. The zero-order valence-electron chi connectivity index (χ0n) is 7.75. The lowest BCUT2D eigenvalue weighted by atomic mass is 9.73. The number of rotatable bonds is 0. The van der Waals surface area contributed by atoms with Gasteiger partial charge in [0.15, 0.2) is 0 Å². The highest BCUT2D eigenvalue weighted by atomic mass is 32.2. The van der Waals surface area contributed by atoms with E-state index < -0.39 is 10.3 Å². The van der Waals surface area contributed by atoms with Crippen LogP contribution in [0, 0.1) is 5.41 Å². The first-order valence-corrected chi connectivity index (χ1v) is 6.09. The molecule has 2 aliphatic rings. The van der Waals surface area contributed by atoms with Crippen LogP contribution in [0.3, 0.4) is 0 Å². The minimum absolute atomic E-state index is 0.0174. The van der Waals surface area contributed by atoms with Crippen molar-refractivity contribution in [1.29, 1.82) is 0 Å². The summed E-state index contributed by atoms with van der Waals surface area (Å²) in [6.45, 7) is 2.44. The lowest BCUT2D eigenvalue weighted by molar-refractivity contribution is 0.0624. The van der Waals surface area contributed by atoms with Gasteiger partial charge in [0.1, 0.15) is 0 Å². The summed E-state index contributed by atoms with van der Waals surface area (Å²) in [7, 11) is -3.44. The molecule has 0 bridgehead atoms. The summed E-state index contributed by atoms with van der Waals surface area (Å²) < 4.78 is 29.6. The zero-order chi connectivity index (χ0) is 9.53. The topological polar surface area (TPSA) is 55.4 Å². The fourth-order valence-corrected chi connectivity index (χ4v) is 3.44. The molecule has 2 fully saturated rings. The molecule has 2 atom stereocenters. The minimum atomic E-state index is -3.44. The van der Waals surface area contributed by atoms with Gasteiger partial charge >= 0.3 is 10.3 Å². The van der Waals surface area contributed by atoms with Gasteiger partial charge in [-0.15, -0.1) is 0 Å². The van der Waals surface area contributed by atoms with Crippen molar-refractivity contribution >= 4 is 10.3 Å². The highest BCUT2D eigenvalue weighted by Gasteiger charge is 2.43. The van der Waals surface area contributed by atoms with Gasteiger partial charge in [-0.05, 0) is 12.8 Å². The molecule has 1 heterocycles. The van der Waals surface area contributed by atoms with Crippen molar-refractivity contribution in [2.75, 3.05) is 6.61 Å². The molecule has 4 nitrogen and oxygen atoms in total. The minimum Gasteiger partial charge on any atom is -0.257 e. The first-order chi connectivity index (χ1) is 6.02. The molecule has 5 heteroatoms. The van der Waals surface area contributed by atoms with E-state index in [9.17, 15) is 8.42 Å². The zero-order valence-corrected chi connectivity index (χ0v) is 8.56. The average Bonchev–Trinajstić information content (AvgIpc) is 2.05. The van der Waals surface area contributed by atoms with Crippen molar-refractivity contribution in [1.82, 2.24) is 4.72 Å². The summed E-state index contributed by atoms with van der Waals surface area (Å²) in [6.07, 6.45) is 4.29. The molecule has 0 aromatic rings. The van der Waals surface area contributed by atoms with E-state index in [2.05, 4.69) is 11.6 Å². The van der Waals surface area contributed by atoms with Crippen molar-refractivity contribution in [2.45, 2.75) is 38.6 Å². The third kappa shape index (κ3) is 1.73. The Labute approximate surface area is 78.9 Å². The quantitative estimate of drug-likeness (QED) is 0.636. The van der Waals surface area contributed by atoms with Crippen molar-refractivity contribution in [3.8, 4) is 0 Å². The van der Waals surface area contributed by atoms with Crippen LogP contribution >= 0.6 is 0 Å². The first kappa shape index (κ1) is 9.43. The van der Waals surface area contributed by atoms with Crippen LogP contribution in [0.4, 0.5) is 0 Å². The average molecular weight is 205 g/mol. The van der Waals surface area contributed by atoms with E-state index in [1.54, 1.807) is 0 Å². The number of fused-ring (bicyclic) bond motifs is 1. The van der Waals surface area contributed by atoms with Crippen LogP contribution < -0.4 is 4.72 Å². The fraction of sp³-hybridized carbons (Fsp3) is 1.00. The Morgan fingerprint density at radius 1 is 1.46 bits per heavy atom. The van der Waals surface area contributed by atoms with E-state index in [0.29, 0.717) is 6.61 Å². The smallest absolute Gasteiger partial charge is 0.257 e. The van der Waals surface area contributed by atoms with Gasteiger partial charge in [-0.1, -0.05) is 19.8 Å². The van der Waals surface area contributed by atoms with Crippen molar-refractivity contribution in [2.24, 2.45) is 5.41 Å². The maximum atomic E-state index is 11.1. The summed E-state index contributed by atoms with van der Waals surface area (Å²) in [6, 6.07) is 0.0833. The summed E-state index contributed by atoms with van der Waals surface area (Å²) in [5.74, 6) is 0. The molecule has 1 aliphatic carbocycles. The molecule has 1 N–H and O–H groups in total. The summed E-state index contributed by atoms with van der Waals surface area (Å²) in [5.41, 5.74) is 0.0174. The summed E-state index contributed by atoms with van der Waals surface area (Å²) in [4.78, 5) is 0. The van der Waals surface area contributed by atoms with E-state index in [1.165, 1.54) is 6.42 Å². The second kappa shape index (κ2) is 2.93. The van der Waals surface area contributed by atoms with Gasteiger partial charge in [-0.3, -0.25) is 4.18 Å². The molecule has 1 saturated heterocycles. The Balaban J connectivity index is 2.19. The van der Waals surface area contributed by atoms with E-state index in [1.807, 2.05) is 0 Å². The Hall–Kier alpha value is -0.130. The number of nitrogens with one attached hydrogen (secondary N) is 1. The second-order valence-electron chi connectivity index (χ2n) is 4.29. The maximum Gasteiger partial charge on any atom is 0.336 e. The highest BCUT2D eigenvalue weighted by Crippen LogP contribution is 2.39. The van der Waals surface area contributed by atoms with Gasteiger partial charge in [0.25, 0.3) is 0 Å². The van der Waals surface area contributed by atoms with Crippen LogP contribution in [0.25, 0.3) is 0 Å². The second-order valence-corrected chi connectivity index (χ2v) is 5.67. The normalized spacial score (nSPS) is 43.9.